The van der Waals surface area contributed by atoms with Gasteiger partial charge in [-0.25, -0.2) is 4.79 Å². The third-order valence-electron chi connectivity index (χ3n) is 4.39. The van der Waals surface area contributed by atoms with E-state index in [4.69, 9.17) is 10.00 Å². The second-order valence-corrected chi connectivity index (χ2v) is 6.01. The van der Waals surface area contributed by atoms with Gasteiger partial charge >= 0.3 is 6.03 Å². The molecule has 2 amide bonds. The van der Waals surface area contributed by atoms with Crippen LogP contribution in [0, 0.1) is 11.3 Å². The van der Waals surface area contributed by atoms with Crippen LogP contribution in [0.25, 0.3) is 0 Å². The predicted octanol–water partition coefficient (Wildman–Crippen LogP) is 3.42. The van der Waals surface area contributed by atoms with E-state index >= 15 is 0 Å². The van der Waals surface area contributed by atoms with Crippen molar-refractivity contribution in [2.75, 3.05) is 19.0 Å². The molecule has 0 heterocycles. The number of carbonyl (C=O) groups is 1. The molecule has 0 unspecified atom stereocenters. The number of ether oxygens (including phenoxy) is 1. The second kappa shape index (κ2) is 6.63. The highest BCUT2D eigenvalue weighted by Gasteiger charge is 2.44. The molecule has 2 aromatic carbocycles. The van der Waals surface area contributed by atoms with Crippen LogP contribution in [0.2, 0.25) is 0 Å². The van der Waals surface area contributed by atoms with Gasteiger partial charge in [0.25, 0.3) is 0 Å². The summed E-state index contributed by atoms with van der Waals surface area (Å²) in [5.41, 5.74) is 2.37. The zero-order valence-corrected chi connectivity index (χ0v) is 13.5. The van der Waals surface area contributed by atoms with Gasteiger partial charge in [-0.3, -0.25) is 0 Å². The van der Waals surface area contributed by atoms with Gasteiger partial charge in [0, 0.05) is 17.6 Å². The number of hydrogen-bond donors (Lipinski definition) is 2. The predicted molar refractivity (Wildman–Crippen MR) is 92.1 cm³/mol. The van der Waals surface area contributed by atoms with Crippen molar-refractivity contribution >= 4 is 11.7 Å². The summed E-state index contributed by atoms with van der Waals surface area (Å²) >= 11 is 0. The van der Waals surface area contributed by atoms with Gasteiger partial charge in [-0.2, -0.15) is 5.26 Å². The van der Waals surface area contributed by atoms with Crippen molar-refractivity contribution < 1.29 is 9.53 Å². The zero-order valence-electron chi connectivity index (χ0n) is 13.5. The fourth-order valence-corrected chi connectivity index (χ4v) is 2.75. The molecule has 1 saturated carbocycles. The minimum Gasteiger partial charge on any atom is -0.497 e. The number of amides is 2. The minimum atomic E-state index is -0.259. The van der Waals surface area contributed by atoms with Crippen molar-refractivity contribution in [3.8, 4) is 11.8 Å². The monoisotopic (exact) mass is 321 g/mol. The van der Waals surface area contributed by atoms with Crippen molar-refractivity contribution in [3.05, 3.63) is 59.7 Å². The van der Waals surface area contributed by atoms with Crippen molar-refractivity contribution in [1.82, 2.24) is 5.32 Å². The number of benzene rings is 2. The number of rotatable bonds is 5. The molecule has 0 aliphatic heterocycles. The van der Waals surface area contributed by atoms with Crippen molar-refractivity contribution in [3.63, 3.8) is 0 Å². The Balaban J connectivity index is 1.58. The maximum Gasteiger partial charge on any atom is 0.319 e. The first kappa shape index (κ1) is 15.9. The summed E-state index contributed by atoms with van der Waals surface area (Å²) in [5.74, 6) is 0.831. The van der Waals surface area contributed by atoms with E-state index in [1.165, 1.54) is 5.56 Å². The molecule has 24 heavy (non-hydrogen) atoms. The Hall–Kier alpha value is -3.00. The Labute approximate surface area is 141 Å². The highest BCUT2D eigenvalue weighted by atomic mass is 16.5. The summed E-state index contributed by atoms with van der Waals surface area (Å²) in [6.07, 6.45) is 2.12. The van der Waals surface area contributed by atoms with E-state index in [1.807, 2.05) is 12.1 Å². The van der Waals surface area contributed by atoms with Crippen LogP contribution >= 0.6 is 0 Å². The first-order valence-electron chi connectivity index (χ1n) is 7.85. The first-order chi connectivity index (χ1) is 11.6. The van der Waals surface area contributed by atoms with E-state index in [2.05, 4.69) is 28.8 Å². The Morgan fingerprint density at radius 1 is 1.25 bits per heavy atom. The van der Waals surface area contributed by atoms with E-state index in [-0.39, 0.29) is 11.4 Å². The molecule has 0 atom stereocenters. The Morgan fingerprint density at radius 3 is 2.62 bits per heavy atom. The summed E-state index contributed by atoms with van der Waals surface area (Å²) in [6, 6.07) is 16.7. The molecule has 0 bridgehead atoms. The third-order valence-corrected chi connectivity index (χ3v) is 4.39. The molecule has 5 nitrogen and oxygen atoms in total. The Bertz CT molecular complexity index is 774. The van der Waals surface area contributed by atoms with Gasteiger partial charge in [0.15, 0.2) is 0 Å². The van der Waals surface area contributed by atoms with Gasteiger partial charge in [-0.15, -0.1) is 0 Å². The molecular formula is C19H19N3O2. The number of nitrogens with one attached hydrogen (secondary N) is 2. The number of anilines is 1. The lowest BCUT2D eigenvalue weighted by Gasteiger charge is -2.17. The van der Waals surface area contributed by atoms with Gasteiger partial charge in [-0.1, -0.05) is 18.2 Å². The summed E-state index contributed by atoms with van der Waals surface area (Å²) in [4.78, 5) is 12.1. The molecular weight excluding hydrogens is 302 g/mol. The van der Waals surface area contributed by atoms with Crippen LogP contribution in [0.5, 0.6) is 5.75 Å². The first-order valence-corrected chi connectivity index (χ1v) is 7.85. The van der Waals surface area contributed by atoms with Crippen molar-refractivity contribution in [2.24, 2.45) is 0 Å². The summed E-state index contributed by atoms with van der Waals surface area (Å²) in [7, 11) is 1.65. The van der Waals surface area contributed by atoms with Crippen LogP contribution in [0.1, 0.15) is 24.0 Å². The number of methoxy groups -OCH3 is 1. The fraction of sp³-hybridized carbons (Fsp3) is 0.263. The van der Waals surface area contributed by atoms with Gasteiger partial charge in [0.2, 0.25) is 0 Å². The Kier molecular flexibility index (Phi) is 4.39. The lowest BCUT2D eigenvalue weighted by molar-refractivity contribution is 0.251. The lowest BCUT2D eigenvalue weighted by atomic mass is 9.96. The lowest BCUT2D eigenvalue weighted by Crippen LogP contribution is -2.35. The van der Waals surface area contributed by atoms with Gasteiger partial charge in [-0.05, 0) is 48.7 Å². The van der Waals surface area contributed by atoms with Crippen LogP contribution in [0.3, 0.4) is 0 Å². The van der Waals surface area contributed by atoms with E-state index in [9.17, 15) is 4.79 Å². The van der Waals surface area contributed by atoms with Crippen LogP contribution in [0.15, 0.2) is 48.5 Å². The largest absolute Gasteiger partial charge is 0.497 e. The van der Waals surface area contributed by atoms with Crippen LogP contribution in [0.4, 0.5) is 10.5 Å². The molecule has 0 radical (unpaired) electrons. The maximum absolute atomic E-state index is 12.1. The molecule has 0 saturated heterocycles. The standard InChI is InChI=1S/C19H19N3O2/c1-24-17-7-5-15(6-8-17)19(9-10-19)13-21-18(23)22-16-4-2-3-14(11-16)12-20/h2-8,11H,9-10,13H2,1H3,(H2,21,22,23). The number of carbonyl (C=O) groups excluding carboxylic acids is 1. The third kappa shape index (κ3) is 3.49. The average molecular weight is 321 g/mol. The molecule has 1 aliphatic rings. The van der Waals surface area contributed by atoms with E-state index in [1.54, 1.807) is 31.4 Å². The summed E-state index contributed by atoms with van der Waals surface area (Å²) < 4.78 is 5.18. The van der Waals surface area contributed by atoms with E-state index in [0.717, 1.165) is 18.6 Å². The topological polar surface area (TPSA) is 74.2 Å². The number of nitrogens with zero attached hydrogens (tertiary/aromatic N) is 1. The van der Waals surface area contributed by atoms with Crippen LogP contribution in [-0.4, -0.2) is 19.7 Å². The van der Waals surface area contributed by atoms with Crippen LogP contribution < -0.4 is 15.4 Å². The van der Waals surface area contributed by atoms with Gasteiger partial charge in [0.05, 0.1) is 18.7 Å². The SMILES string of the molecule is COc1ccc(C2(CNC(=O)Nc3cccc(C#N)c3)CC2)cc1. The quantitative estimate of drug-likeness (QED) is 0.886. The summed E-state index contributed by atoms with van der Waals surface area (Å²) in [6.45, 7) is 0.586. The molecule has 2 aromatic rings. The molecule has 0 aromatic heterocycles. The molecule has 1 fully saturated rings. The van der Waals surface area contributed by atoms with Crippen molar-refractivity contribution in [2.45, 2.75) is 18.3 Å². The molecule has 2 N–H and O–H groups in total. The zero-order chi connectivity index (χ0) is 17.0. The van der Waals surface area contributed by atoms with E-state index in [0.29, 0.717) is 17.8 Å². The Morgan fingerprint density at radius 2 is 2.00 bits per heavy atom. The highest BCUT2D eigenvalue weighted by Crippen LogP contribution is 2.47. The molecule has 3 rings (SSSR count). The highest BCUT2D eigenvalue weighted by molar-refractivity contribution is 5.89. The molecule has 122 valence electrons. The maximum atomic E-state index is 12.1. The summed E-state index contributed by atoms with van der Waals surface area (Å²) in [5, 5.41) is 14.6. The molecule has 5 heteroatoms. The van der Waals surface area contributed by atoms with E-state index < -0.39 is 0 Å². The van der Waals surface area contributed by atoms with Crippen molar-refractivity contribution in [1.29, 1.82) is 5.26 Å². The second-order valence-electron chi connectivity index (χ2n) is 6.01. The van der Waals surface area contributed by atoms with Gasteiger partial charge < -0.3 is 15.4 Å². The van der Waals surface area contributed by atoms with Gasteiger partial charge in [0.1, 0.15) is 5.75 Å². The number of nitriles is 1. The fourth-order valence-electron chi connectivity index (χ4n) is 2.75. The minimum absolute atomic E-state index is 0.0259. The normalized spacial score (nSPS) is 14.3. The molecule has 1 aliphatic carbocycles. The smallest absolute Gasteiger partial charge is 0.319 e. The number of hydrogen-bond acceptors (Lipinski definition) is 3. The average Bonchev–Trinajstić information content (AvgIpc) is 3.41. The number of urea groups is 1. The molecule has 0 spiro atoms. The van der Waals surface area contributed by atoms with Crippen LogP contribution in [-0.2, 0) is 5.41 Å².